The number of benzene rings is 2. The van der Waals surface area contributed by atoms with Gasteiger partial charge in [0.1, 0.15) is 0 Å². The van der Waals surface area contributed by atoms with Gasteiger partial charge in [-0.05, 0) is 50.1 Å². The Balaban J connectivity index is 1.39. The number of aryl methyl sites for hydroxylation is 2. The largest absolute Gasteiger partial charge is 0.377 e. The number of carbonyl (C=O) groups excluding carboxylic acids is 1. The molecule has 2 aromatic carbocycles. The molecule has 1 aromatic heterocycles. The van der Waals surface area contributed by atoms with E-state index in [1.165, 1.54) is 11.3 Å². The predicted octanol–water partition coefficient (Wildman–Crippen LogP) is 4.45. The number of rotatable bonds is 6. The number of nitrogens with one attached hydrogen (secondary N) is 1. The monoisotopic (exact) mass is 429 g/mol. The number of morpholine rings is 1. The second kappa shape index (κ2) is 9.96. The lowest BCUT2D eigenvalue weighted by Gasteiger charge is -2.35. The zero-order valence-electron chi connectivity index (χ0n) is 19.1. The quantitative estimate of drug-likeness (QED) is 0.629. The molecule has 0 unspecified atom stereocenters. The summed E-state index contributed by atoms with van der Waals surface area (Å²) in [6.45, 7) is 9.24. The maximum atomic E-state index is 12.4. The highest BCUT2D eigenvalue weighted by Gasteiger charge is 2.19. The zero-order chi connectivity index (χ0) is 22.5. The van der Waals surface area contributed by atoms with Crippen molar-refractivity contribution in [1.82, 2.24) is 10.3 Å². The number of hydrogen-bond donors (Lipinski definition) is 1. The fourth-order valence-electron chi connectivity index (χ4n) is 4.21. The van der Waals surface area contributed by atoms with Crippen LogP contribution in [0.5, 0.6) is 0 Å². The first-order chi connectivity index (χ1) is 15.5. The molecule has 166 valence electrons. The summed E-state index contributed by atoms with van der Waals surface area (Å²) in [5.41, 5.74) is 7.46. The van der Waals surface area contributed by atoms with Gasteiger partial charge in [0.15, 0.2) is 0 Å². The minimum Gasteiger partial charge on any atom is -0.377 e. The van der Waals surface area contributed by atoms with Gasteiger partial charge in [-0.25, -0.2) is 0 Å². The first-order valence-electron chi connectivity index (χ1n) is 11.2. The van der Waals surface area contributed by atoms with Crippen LogP contribution in [0.25, 0.3) is 11.1 Å². The van der Waals surface area contributed by atoms with E-state index < -0.39 is 0 Å². The second-order valence-corrected chi connectivity index (χ2v) is 8.54. The van der Waals surface area contributed by atoms with Crippen LogP contribution in [-0.4, -0.2) is 36.7 Å². The summed E-state index contributed by atoms with van der Waals surface area (Å²) >= 11 is 0. The number of nitrogens with zero attached hydrogens (tertiary/aromatic N) is 2. The molecular weight excluding hydrogens is 398 g/mol. The second-order valence-electron chi connectivity index (χ2n) is 8.54. The summed E-state index contributed by atoms with van der Waals surface area (Å²) in [5, 5.41) is 2.99. The molecule has 5 heteroatoms. The highest BCUT2D eigenvalue weighted by Crippen LogP contribution is 2.27. The van der Waals surface area contributed by atoms with E-state index in [1.54, 1.807) is 0 Å². The van der Waals surface area contributed by atoms with Crippen LogP contribution in [0.15, 0.2) is 60.7 Å². The molecule has 0 radical (unpaired) electrons. The number of anilines is 1. The molecule has 1 saturated heterocycles. The van der Waals surface area contributed by atoms with E-state index in [1.807, 2.05) is 25.1 Å². The Morgan fingerprint density at radius 1 is 1.12 bits per heavy atom. The molecule has 0 spiro atoms. The lowest BCUT2D eigenvalue weighted by Crippen LogP contribution is -2.43. The van der Waals surface area contributed by atoms with Crippen LogP contribution >= 0.6 is 0 Å². The number of hydrogen-bond acceptors (Lipinski definition) is 4. The van der Waals surface area contributed by atoms with Crippen LogP contribution in [0.4, 0.5) is 5.69 Å². The van der Waals surface area contributed by atoms with Crippen molar-refractivity contribution < 1.29 is 9.53 Å². The molecule has 1 amide bonds. The van der Waals surface area contributed by atoms with Crippen LogP contribution in [0.1, 0.15) is 29.4 Å². The van der Waals surface area contributed by atoms with Gasteiger partial charge < -0.3 is 15.0 Å². The minimum absolute atomic E-state index is 0.0184. The van der Waals surface area contributed by atoms with Gasteiger partial charge in [-0.2, -0.15) is 0 Å². The number of ether oxygens (including phenoxy) is 1. The van der Waals surface area contributed by atoms with Gasteiger partial charge in [0.05, 0.1) is 25.3 Å². The van der Waals surface area contributed by atoms with Crippen molar-refractivity contribution >= 4 is 11.6 Å². The molecular formula is C27H31N3O2. The van der Waals surface area contributed by atoms with Gasteiger partial charge >= 0.3 is 0 Å². The summed E-state index contributed by atoms with van der Waals surface area (Å²) in [5.74, 6) is -0.0184. The van der Waals surface area contributed by atoms with Gasteiger partial charge in [0.25, 0.3) is 0 Å². The fraction of sp³-hybridized carbons (Fsp3) is 0.333. The summed E-state index contributed by atoms with van der Waals surface area (Å²) in [4.78, 5) is 19.5. The summed E-state index contributed by atoms with van der Waals surface area (Å²) in [7, 11) is 0. The Hall–Kier alpha value is -3.18. The maximum absolute atomic E-state index is 12.4. The zero-order valence-corrected chi connectivity index (χ0v) is 19.1. The first kappa shape index (κ1) is 22.0. The van der Waals surface area contributed by atoms with Gasteiger partial charge in [0, 0.05) is 36.1 Å². The van der Waals surface area contributed by atoms with Crippen molar-refractivity contribution in [1.29, 1.82) is 0 Å². The van der Waals surface area contributed by atoms with E-state index in [0.29, 0.717) is 12.6 Å². The number of carbonyl (C=O) groups is 1. The van der Waals surface area contributed by atoms with Crippen molar-refractivity contribution in [2.24, 2.45) is 0 Å². The van der Waals surface area contributed by atoms with E-state index in [4.69, 9.17) is 9.72 Å². The smallest absolute Gasteiger partial charge is 0.226 e. The molecule has 1 aliphatic rings. The van der Waals surface area contributed by atoms with E-state index in [-0.39, 0.29) is 12.3 Å². The fourth-order valence-corrected chi connectivity index (χ4v) is 4.21. The Morgan fingerprint density at radius 3 is 2.66 bits per heavy atom. The SMILES string of the molecule is Cc1cccc(CNC(=O)Cc2ccc(-c3ccc(N4CCOC[C@H]4C)cc3)c(C)n2)c1. The molecule has 0 saturated carbocycles. The van der Waals surface area contributed by atoms with Gasteiger partial charge in [0.2, 0.25) is 5.91 Å². The van der Waals surface area contributed by atoms with E-state index in [9.17, 15) is 4.79 Å². The van der Waals surface area contributed by atoms with Crippen molar-refractivity contribution in [3.8, 4) is 11.1 Å². The van der Waals surface area contributed by atoms with Crippen LogP contribution < -0.4 is 10.2 Å². The lowest BCUT2D eigenvalue weighted by atomic mass is 10.0. The van der Waals surface area contributed by atoms with Crippen molar-refractivity contribution in [3.63, 3.8) is 0 Å². The molecule has 1 aliphatic heterocycles. The molecule has 5 nitrogen and oxygen atoms in total. The van der Waals surface area contributed by atoms with Crippen molar-refractivity contribution in [3.05, 3.63) is 83.2 Å². The lowest BCUT2D eigenvalue weighted by molar-refractivity contribution is -0.120. The Labute approximate surface area is 190 Å². The highest BCUT2D eigenvalue weighted by molar-refractivity contribution is 5.78. The van der Waals surface area contributed by atoms with Gasteiger partial charge in [-0.1, -0.05) is 48.0 Å². The summed E-state index contributed by atoms with van der Waals surface area (Å²) < 4.78 is 5.54. The van der Waals surface area contributed by atoms with Crippen LogP contribution in [0, 0.1) is 13.8 Å². The molecule has 4 rings (SSSR count). The topological polar surface area (TPSA) is 54.5 Å². The van der Waals surface area contributed by atoms with E-state index >= 15 is 0 Å². The van der Waals surface area contributed by atoms with Crippen LogP contribution in [0.2, 0.25) is 0 Å². The molecule has 0 bridgehead atoms. The first-order valence-corrected chi connectivity index (χ1v) is 11.2. The Morgan fingerprint density at radius 2 is 1.94 bits per heavy atom. The Bertz CT molecular complexity index is 1080. The molecule has 1 N–H and O–H groups in total. The highest BCUT2D eigenvalue weighted by atomic mass is 16.5. The number of pyridine rings is 1. The third-order valence-electron chi connectivity index (χ3n) is 5.93. The predicted molar refractivity (Wildman–Crippen MR) is 129 cm³/mol. The molecule has 1 fully saturated rings. The molecule has 2 heterocycles. The Kier molecular flexibility index (Phi) is 6.86. The van der Waals surface area contributed by atoms with E-state index in [0.717, 1.165) is 47.8 Å². The molecule has 3 aromatic rings. The summed E-state index contributed by atoms with van der Waals surface area (Å²) in [6, 6.07) is 21.2. The molecule has 32 heavy (non-hydrogen) atoms. The summed E-state index contributed by atoms with van der Waals surface area (Å²) in [6.07, 6.45) is 0.279. The number of amides is 1. The third kappa shape index (κ3) is 5.35. The van der Waals surface area contributed by atoms with Crippen LogP contribution in [0.3, 0.4) is 0 Å². The van der Waals surface area contributed by atoms with Crippen LogP contribution in [-0.2, 0) is 22.5 Å². The van der Waals surface area contributed by atoms with Crippen molar-refractivity contribution in [2.45, 2.75) is 39.8 Å². The van der Waals surface area contributed by atoms with E-state index in [2.05, 4.69) is 66.5 Å². The third-order valence-corrected chi connectivity index (χ3v) is 5.93. The maximum Gasteiger partial charge on any atom is 0.226 e. The average Bonchev–Trinajstić information content (AvgIpc) is 2.79. The van der Waals surface area contributed by atoms with Gasteiger partial charge in [-0.3, -0.25) is 9.78 Å². The standard InChI is InChI=1S/C27H31N3O2/c1-19-5-4-6-22(15-19)17-28-27(31)16-24-9-12-26(21(3)29-24)23-7-10-25(11-8-23)30-13-14-32-18-20(30)2/h4-12,15,20H,13-14,16-18H2,1-3H3,(H,28,31)/t20-/m1/s1. The average molecular weight is 430 g/mol. The molecule has 0 aliphatic carbocycles. The van der Waals surface area contributed by atoms with Gasteiger partial charge in [-0.15, -0.1) is 0 Å². The molecule has 1 atom stereocenters. The van der Waals surface area contributed by atoms with Crippen molar-refractivity contribution in [2.75, 3.05) is 24.7 Å². The normalized spacial score (nSPS) is 16.1. The minimum atomic E-state index is -0.0184. The number of aromatic nitrogens is 1.